The van der Waals surface area contributed by atoms with E-state index in [1.165, 1.54) is 0 Å². The number of carbonyl (C=O) groups excluding carboxylic acids is 2. The van der Waals surface area contributed by atoms with Crippen LogP contribution in [0.2, 0.25) is 0 Å². The van der Waals surface area contributed by atoms with Crippen LogP contribution in [0.4, 0.5) is 0 Å². The number of carbonyl (C=O) groups is 2. The van der Waals surface area contributed by atoms with Gasteiger partial charge in [0.25, 0.3) is 5.91 Å². The number of nitrogens with zero attached hydrogens (tertiary/aromatic N) is 1. The van der Waals surface area contributed by atoms with Gasteiger partial charge in [0, 0.05) is 18.0 Å². The topological polar surface area (TPSA) is 112 Å². The fraction of sp³-hybridized carbons (Fsp3) is 0.250. The van der Waals surface area contributed by atoms with E-state index in [2.05, 4.69) is 15.6 Å². The lowest BCUT2D eigenvalue weighted by molar-refractivity contribution is -0.123. The van der Waals surface area contributed by atoms with Crippen molar-refractivity contribution in [3.05, 3.63) is 90.1 Å². The van der Waals surface area contributed by atoms with Gasteiger partial charge in [-0.15, -0.1) is 0 Å². The number of rotatable bonds is 9. The van der Waals surface area contributed by atoms with Gasteiger partial charge in [0.15, 0.2) is 0 Å². The van der Waals surface area contributed by atoms with Crippen molar-refractivity contribution < 1.29 is 19.6 Å². The van der Waals surface area contributed by atoms with Crippen molar-refractivity contribution in [1.29, 1.82) is 0 Å². The number of amides is 2. The van der Waals surface area contributed by atoms with Crippen LogP contribution < -0.4 is 10.6 Å². The minimum Gasteiger partial charge on any atom is -0.426 e. The molecule has 0 bridgehead atoms. The molecule has 3 aromatic carbocycles. The Morgan fingerprint density at radius 1 is 0.889 bits per heavy atom. The van der Waals surface area contributed by atoms with Gasteiger partial charge >= 0.3 is 7.12 Å². The zero-order valence-corrected chi connectivity index (χ0v) is 20.4. The average molecular weight is 483 g/mol. The lowest BCUT2D eigenvalue weighted by Gasteiger charge is -2.25. The smallest absolute Gasteiger partial charge is 0.426 e. The highest BCUT2D eigenvalue weighted by Gasteiger charge is 2.30. The van der Waals surface area contributed by atoms with Crippen molar-refractivity contribution in [2.24, 2.45) is 5.92 Å². The Morgan fingerprint density at radius 3 is 2.36 bits per heavy atom. The predicted octanol–water partition coefficient (Wildman–Crippen LogP) is 3.27. The SMILES string of the molecule is CC(C)C[C@H](NC(=O)[C@H](Cc1cccc2ccccc12)NC(=O)c1cccc2cccnc12)B(O)O. The number of nitrogens with one attached hydrogen (secondary N) is 2. The lowest BCUT2D eigenvalue weighted by atomic mass is 9.75. The van der Waals surface area contributed by atoms with Crippen molar-refractivity contribution in [2.45, 2.75) is 38.7 Å². The minimum absolute atomic E-state index is 0.130. The molecule has 0 aliphatic carbocycles. The van der Waals surface area contributed by atoms with E-state index in [-0.39, 0.29) is 12.3 Å². The molecule has 7 nitrogen and oxygen atoms in total. The summed E-state index contributed by atoms with van der Waals surface area (Å²) in [5.41, 5.74) is 1.81. The van der Waals surface area contributed by atoms with E-state index >= 15 is 0 Å². The van der Waals surface area contributed by atoms with E-state index in [1.54, 1.807) is 24.4 Å². The summed E-state index contributed by atoms with van der Waals surface area (Å²) in [6.45, 7) is 3.87. The Kier molecular flexibility index (Phi) is 7.98. The van der Waals surface area contributed by atoms with E-state index in [4.69, 9.17) is 0 Å². The first-order valence-electron chi connectivity index (χ1n) is 12.1. The molecule has 36 heavy (non-hydrogen) atoms. The quantitative estimate of drug-likeness (QED) is 0.273. The van der Waals surface area contributed by atoms with E-state index < -0.39 is 30.9 Å². The molecule has 0 unspecified atom stereocenters. The molecule has 0 aliphatic heterocycles. The highest BCUT2D eigenvalue weighted by molar-refractivity contribution is 6.43. The fourth-order valence-electron chi connectivity index (χ4n) is 4.47. The molecule has 2 atom stereocenters. The van der Waals surface area contributed by atoms with Crippen LogP contribution in [0.5, 0.6) is 0 Å². The van der Waals surface area contributed by atoms with Gasteiger partial charge in [-0.25, -0.2) is 0 Å². The zero-order chi connectivity index (χ0) is 25.7. The summed E-state index contributed by atoms with van der Waals surface area (Å²) < 4.78 is 0. The van der Waals surface area contributed by atoms with Crippen molar-refractivity contribution in [3.8, 4) is 0 Å². The average Bonchev–Trinajstić information content (AvgIpc) is 2.87. The lowest BCUT2D eigenvalue weighted by Crippen LogP contribution is -2.55. The Morgan fingerprint density at radius 2 is 1.58 bits per heavy atom. The molecule has 0 spiro atoms. The molecule has 4 rings (SSSR count). The molecule has 2 amide bonds. The van der Waals surface area contributed by atoms with Crippen molar-refractivity contribution >= 4 is 40.6 Å². The first-order chi connectivity index (χ1) is 17.3. The Bertz CT molecular complexity index is 1360. The monoisotopic (exact) mass is 483 g/mol. The van der Waals surface area contributed by atoms with Crippen LogP contribution in [0.1, 0.15) is 36.2 Å². The van der Waals surface area contributed by atoms with E-state index in [0.29, 0.717) is 17.5 Å². The van der Waals surface area contributed by atoms with E-state index in [9.17, 15) is 19.6 Å². The summed E-state index contributed by atoms with van der Waals surface area (Å²) in [4.78, 5) is 31.2. The first kappa shape index (κ1) is 25.4. The molecule has 0 saturated heterocycles. The fourth-order valence-corrected chi connectivity index (χ4v) is 4.47. The highest BCUT2D eigenvalue weighted by atomic mass is 16.4. The second-order valence-electron chi connectivity index (χ2n) is 9.41. The molecule has 4 N–H and O–H groups in total. The third-order valence-corrected chi connectivity index (χ3v) is 6.22. The number of fused-ring (bicyclic) bond motifs is 2. The molecule has 8 heteroatoms. The molecular formula is C28H30BN3O4. The van der Waals surface area contributed by atoms with Gasteiger partial charge in [-0.1, -0.05) is 74.5 Å². The minimum atomic E-state index is -1.72. The number of para-hydroxylation sites is 1. The molecule has 4 aromatic rings. The number of benzene rings is 3. The van der Waals surface area contributed by atoms with Crippen LogP contribution >= 0.6 is 0 Å². The van der Waals surface area contributed by atoms with Crippen molar-refractivity contribution in [2.75, 3.05) is 0 Å². The number of hydrogen-bond donors (Lipinski definition) is 4. The molecule has 0 aliphatic rings. The van der Waals surface area contributed by atoms with Gasteiger partial charge in [-0.05, 0) is 40.8 Å². The second kappa shape index (κ2) is 11.3. The maximum Gasteiger partial charge on any atom is 0.475 e. The van der Waals surface area contributed by atoms with Crippen LogP contribution in [-0.4, -0.2) is 45.9 Å². The van der Waals surface area contributed by atoms with Crippen LogP contribution in [0, 0.1) is 5.92 Å². The Balaban J connectivity index is 1.66. The maximum atomic E-state index is 13.4. The van der Waals surface area contributed by atoms with Crippen LogP contribution in [0.15, 0.2) is 79.0 Å². The highest BCUT2D eigenvalue weighted by Crippen LogP contribution is 2.21. The summed E-state index contributed by atoms with van der Waals surface area (Å²) in [5, 5.41) is 28.2. The number of pyridine rings is 1. The third kappa shape index (κ3) is 5.90. The van der Waals surface area contributed by atoms with E-state index in [0.717, 1.165) is 21.7 Å². The molecule has 0 saturated carbocycles. The Hall–Kier alpha value is -3.75. The van der Waals surface area contributed by atoms with Crippen molar-refractivity contribution in [3.63, 3.8) is 0 Å². The molecular weight excluding hydrogens is 453 g/mol. The van der Waals surface area contributed by atoms with Gasteiger partial charge < -0.3 is 20.7 Å². The van der Waals surface area contributed by atoms with Gasteiger partial charge in [-0.3, -0.25) is 14.6 Å². The van der Waals surface area contributed by atoms with Gasteiger partial charge in [-0.2, -0.15) is 0 Å². The largest absolute Gasteiger partial charge is 0.475 e. The third-order valence-electron chi connectivity index (χ3n) is 6.22. The second-order valence-corrected chi connectivity index (χ2v) is 9.41. The molecule has 0 radical (unpaired) electrons. The van der Waals surface area contributed by atoms with Crippen LogP contribution in [0.25, 0.3) is 21.7 Å². The zero-order valence-electron chi connectivity index (χ0n) is 20.4. The van der Waals surface area contributed by atoms with Gasteiger partial charge in [0.2, 0.25) is 5.91 Å². The maximum absolute atomic E-state index is 13.4. The Labute approximate surface area is 210 Å². The summed E-state index contributed by atoms with van der Waals surface area (Å²) in [6, 6.07) is 21.8. The standard InChI is InChI=1S/C28H30BN3O4/c1-18(2)16-25(29(35)36)32-28(34)24(17-21-11-5-9-19-8-3-4-13-22(19)21)31-27(33)23-14-6-10-20-12-7-15-30-26(20)23/h3-15,18,24-25,35-36H,16-17H2,1-2H3,(H,31,33)(H,32,34)/t24-,25-/m0/s1. The predicted molar refractivity (Wildman–Crippen MR) is 142 cm³/mol. The molecule has 1 aromatic heterocycles. The normalized spacial score (nSPS) is 12.9. The van der Waals surface area contributed by atoms with Crippen LogP contribution in [-0.2, 0) is 11.2 Å². The summed E-state index contributed by atoms with van der Waals surface area (Å²) >= 11 is 0. The number of aromatic nitrogens is 1. The van der Waals surface area contributed by atoms with Crippen molar-refractivity contribution in [1.82, 2.24) is 15.6 Å². The molecule has 1 heterocycles. The number of hydrogen-bond acceptors (Lipinski definition) is 5. The summed E-state index contributed by atoms with van der Waals surface area (Å²) in [6.07, 6.45) is 2.23. The van der Waals surface area contributed by atoms with Gasteiger partial charge in [0.1, 0.15) is 6.04 Å². The van der Waals surface area contributed by atoms with Crippen LogP contribution in [0.3, 0.4) is 0 Å². The summed E-state index contributed by atoms with van der Waals surface area (Å²) in [7, 11) is -1.72. The molecule has 184 valence electrons. The van der Waals surface area contributed by atoms with Gasteiger partial charge in [0.05, 0.1) is 17.0 Å². The van der Waals surface area contributed by atoms with E-state index in [1.807, 2.05) is 68.4 Å². The summed E-state index contributed by atoms with van der Waals surface area (Å²) in [5.74, 6) is -1.64. The molecule has 0 fully saturated rings. The first-order valence-corrected chi connectivity index (χ1v) is 12.1.